The van der Waals surface area contributed by atoms with Crippen molar-refractivity contribution in [1.29, 1.82) is 0 Å². The van der Waals surface area contributed by atoms with Crippen LogP contribution < -0.4 is 5.32 Å². The highest BCUT2D eigenvalue weighted by atomic mass is 32.2. The summed E-state index contributed by atoms with van der Waals surface area (Å²) in [4.78, 5) is 25.4. The third kappa shape index (κ3) is 5.20. The third-order valence-electron chi connectivity index (χ3n) is 3.86. The summed E-state index contributed by atoms with van der Waals surface area (Å²) >= 11 is 0. The maximum atomic E-state index is 13.5. The van der Waals surface area contributed by atoms with Gasteiger partial charge < -0.3 is 10.2 Å². The minimum absolute atomic E-state index is 0.000768. The first-order valence-corrected chi connectivity index (χ1v) is 9.49. The first-order chi connectivity index (χ1) is 11.7. The molecule has 2 amide bonds. The van der Waals surface area contributed by atoms with Crippen LogP contribution in [0.2, 0.25) is 0 Å². The first kappa shape index (κ1) is 19.3. The molecule has 0 atom stereocenters. The number of amides is 2. The Morgan fingerprint density at radius 2 is 1.80 bits per heavy atom. The Kier molecular flexibility index (Phi) is 6.07. The molecule has 138 valence electrons. The van der Waals surface area contributed by atoms with E-state index in [0.717, 1.165) is 18.4 Å². The Morgan fingerprint density at radius 3 is 2.36 bits per heavy atom. The number of hydrogen-bond acceptors (Lipinski definition) is 4. The number of carbonyl (C=O) groups is 2. The molecule has 1 saturated heterocycles. The second-order valence-corrected chi connectivity index (χ2v) is 7.66. The lowest BCUT2D eigenvalue weighted by Gasteiger charge is -2.33. The van der Waals surface area contributed by atoms with E-state index in [4.69, 9.17) is 0 Å². The Hall–Kier alpha value is -2.07. The number of carbonyl (C=O) groups excluding carboxylic acids is 2. The molecule has 1 fully saturated rings. The van der Waals surface area contributed by atoms with Crippen molar-refractivity contribution in [3.05, 3.63) is 35.4 Å². The topological polar surface area (TPSA) is 86.8 Å². The van der Waals surface area contributed by atoms with Crippen molar-refractivity contribution in [2.24, 2.45) is 0 Å². The van der Waals surface area contributed by atoms with Crippen LogP contribution >= 0.6 is 0 Å². The molecule has 1 aromatic carbocycles. The molecule has 0 radical (unpaired) electrons. The second kappa shape index (κ2) is 7.87. The summed E-state index contributed by atoms with van der Waals surface area (Å²) in [5.74, 6) is -2.71. The van der Waals surface area contributed by atoms with E-state index in [2.05, 4.69) is 5.32 Å². The molecule has 1 heterocycles. The van der Waals surface area contributed by atoms with E-state index < -0.39 is 27.6 Å². The maximum absolute atomic E-state index is 13.5. The number of nitrogens with zero attached hydrogens (tertiary/aromatic N) is 2. The number of benzene rings is 1. The van der Waals surface area contributed by atoms with E-state index in [1.807, 2.05) is 0 Å². The summed E-state index contributed by atoms with van der Waals surface area (Å²) in [6.07, 6.45) is 1.13. The number of sulfonamides is 1. The van der Waals surface area contributed by atoms with Crippen LogP contribution in [0.25, 0.3) is 0 Å². The van der Waals surface area contributed by atoms with E-state index in [1.165, 1.54) is 9.21 Å². The Bertz CT molecular complexity index is 762. The van der Waals surface area contributed by atoms with Crippen LogP contribution in [0.15, 0.2) is 18.2 Å². The number of nitrogens with one attached hydrogen (secondary N) is 1. The van der Waals surface area contributed by atoms with Gasteiger partial charge in [-0.3, -0.25) is 9.59 Å². The van der Waals surface area contributed by atoms with Gasteiger partial charge in [0.05, 0.1) is 11.8 Å². The van der Waals surface area contributed by atoms with Gasteiger partial charge in [0.2, 0.25) is 15.9 Å². The molecule has 10 heteroatoms. The van der Waals surface area contributed by atoms with Gasteiger partial charge >= 0.3 is 0 Å². The highest BCUT2D eigenvalue weighted by Crippen LogP contribution is 2.10. The fourth-order valence-electron chi connectivity index (χ4n) is 2.48. The van der Waals surface area contributed by atoms with Crippen molar-refractivity contribution in [3.63, 3.8) is 0 Å². The van der Waals surface area contributed by atoms with E-state index in [0.29, 0.717) is 6.07 Å². The lowest BCUT2D eigenvalue weighted by atomic mass is 10.2. The molecule has 0 aliphatic carbocycles. The van der Waals surface area contributed by atoms with Gasteiger partial charge in [-0.2, -0.15) is 4.31 Å². The fraction of sp³-hybridized carbons (Fsp3) is 0.467. The molecule has 0 saturated carbocycles. The average Bonchev–Trinajstić information content (AvgIpc) is 2.54. The summed E-state index contributed by atoms with van der Waals surface area (Å²) in [5.41, 5.74) is -0.296. The smallest absolute Gasteiger partial charge is 0.254 e. The molecular formula is C15H19F2N3O4S. The molecule has 1 N–H and O–H groups in total. The molecule has 7 nitrogen and oxygen atoms in total. The van der Waals surface area contributed by atoms with E-state index in [9.17, 15) is 26.8 Å². The van der Waals surface area contributed by atoms with Crippen LogP contribution in [0, 0.1) is 11.6 Å². The molecule has 0 bridgehead atoms. The van der Waals surface area contributed by atoms with Crippen LogP contribution in [0.3, 0.4) is 0 Å². The van der Waals surface area contributed by atoms with Gasteiger partial charge in [-0.25, -0.2) is 17.2 Å². The summed E-state index contributed by atoms with van der Waals surface area (Å²) in [6.45, 7) is 1.04. The lowest BCUT2D eigenvalue weighted by Crippen LogP contribution is -2.50. The number of rotatable bonds is 5. The Balaban J connectivity index is 1.78. The largest absolute Gasteiger partial charge is 0.351 e. The molecule has 0 spiro atoms. The van der Waals surface area contributed by atoms with Crippen molar-refractivity contribution in [2.45, 2.75) is 6.42 Å². The maximum Gasteiger partial charge on any atom is 0.254 e. The van der Waals surface area contributed by atoms with Crippen molar-refractivity contribution in [2.75, 3.05) is 39.0 Å². The molecule has 2 rings (SSSR count). The molecule has 1 aliphatic rings. The zero-order valence-corrected chi connectivity index (χ0v) is 14.5. The van der Waals surface area contributed by atoms with Gasteiger partial charge in [-0.15, -0.1) is 0 Å². The number of hydrogen-bond donors (Lipinski definition) is 1. The van der Waals surface area contributed by atoms with Gasteiger partial charge in [0, 0.05) is 45.2 Å². The molecule has 25 heavy (non-hydrogen) atoms. The van der Waals surface area contributed by atoms with E-state index >= 15 is 0 Å². The molecule has 0 aromatic heterocycles. The van der Waals surface area contributed by atoms with Gasteiger partial charge in [0.1, 0.15) is 11.6 Å². The normalized spacial score (nSPS) is 15.9. The van der Waals surface area contributed by atoms with E-state index in [1.54, 1.807) is 0 Å². The highest BCUT2D eigenvalue weighted by molar-refractivity contribution is 7.88. The Labute approximate surface area is 144 Å². The Morgan fingerprint density at radius 1 is 1.16 bits per heavy atom. The fourth-order valence-corrected chi connectivity index (χ4v) is 3.31. The first-order valence-electron chi connectivity index (χ1n) is 7.64. The molecule has 1 aliphatic heterocycles. The van der Waals surface area contributed by atoms with Crippen LogP contribution in [0.5, 0.6) is 0 Å². The quantitative estimate of drug-likeness (QED) is 0.796. The number of halogens is 2. The second-order valence-electron chi connectivity index (χ2n) is 5.67. The van der Waals surface area contributed by atoms with Crippen LogP contribution in [-0.2, 0) is 14.8 Å². The zero-order chi connectivity index (χ0) is 18.6. The predicted molar refractivity (Wildman–Crippen MR) is 86.3 cm³/mol. The van der Waals surface area contributed by atoms with Gasteiger partial charge in [0.15, 0.2) is 0 Å². The SMILES string of the molecule is CS(=O)(=O)N1CCN(C(=O)CCNC(=O)c2ccc(F)cc2F)CC1. The minimum atomic E-state index is -3.26. The van der Waals surface area contributed by atoms with Crippen LogP contribution in [0.4, 0.5) is 8.78 Å². The van der Waals surface area contributed by atoms with Crippen LogP contribution in [0.1, 0.15) is 16.8 Å². The lowest BCUT2D eigenvalue weighted by molar-refractivity contribution is -0.132. The van der Waals surface area contributed by atoms with Crippen molar-refractivity contribution in [3.8, 4) is 0 Å². The summed E-state index contributed by atoms with van der Waals surface area (Å²) < 4.78 is 50.4. The summed E-state index contributed by atoms with van der Waals surface area (Å²) in [5, 5.41) is 2.41. The van der Waals surface area contributed by atoms with Crippen molar-refractivity contribution < 1.29 is 26.8 Å². The minimum Gasteiger partial charge on any atom is -0.351 e. The van der Waals surface area contributed by atoms with Crippen molar-refractivity contribution in [1.82, 2.24) is 14.5 Å². The molecular weight excluding hydrogens is 356 g/mol. The molecule has 1 aromatic rings. The highest BCUT2D eigenvalue weighted by Gasteiger charge is 2.25. The van der Waals surface area contributed by atoms with Gasteiger partial charge in [-0.1, -0.05) is 0 Å². The van der Waals surface area contributed by atoms with E-state index in [-0.39, 0.29) is 50.6 Å². The number of piperazine rings is 1. The van der Waals surface area contributed by atoms with Crippen molar-refractivity contribution >= 4 is 21.8 Å². The summed E-state index contributed by atoms with van der Waals surface area (Å²) in [7, 11) is -3.26. The summed E-state index contributed by atoms with van der Waals surface area (Å²) in [6, 6.07) is 2.62. The van der Waals surface area contributed by atoms with Gasteiger partial charge in [-0.05, 0) is 12.1 Å². The third-order valence-corrected chi connectivity index (χ3v) is 5.16. The monoisotopic (exact) mass is 375 g/mol. The molecule has 0 unspecified atom stereocenters. The zero-order valence-electron chi connectivity index (χ0n) is 13.7. The standard InChI is InChI=1S/C15H19F2N3O4S/c1-25(23,24)20-8-6-19(7-9-20)14(21)4-5-18-15(22)12-3-2-11(16)10-13(12)17/h2-3,10H,4-9H2,1H3,(H,18,22). The average molecular weight is 375 g/mol. The van der Waals surface area contributed by atoms with Gasteiger partial charge in [0.25, 0.3) is 5.91 Å². The van der Waals surface area contributed by atoms with Crippen LogP contribution in [-0.4, -0.2) is 68.4 Å². The predicted octanol–water partition coefficient (Wildman–Crippen LogP) is 0.189.